The minimum Gasteiger partial charge on any atom is -0.390 e. The molecule has 1 saturated carbocycles. The average molecular weight is 490 g/mol. The van der Waals surface area contributed by atoms with Crippen molar-refractivity contribution in [1.29, 1.82) is 0 Å². The number of aliphatic hydroxyl groups is 1. The van der Waals surface area contributed by atoms with E-state index in [4.69, 9.17) is 17.0 Å². The molecule has 2 fully saturated rings. The second-order valence-electron chi connectivity index (χ2n) is 8.93. The smallest absolute Gasteiger partial charge is 0.217 e. The number of hydrogen-bond acceptors (Lipinski definition) is 5. The largest absolute Gasteiger partial charge is 0.390 e. The van der Waals surface area contributed by atoms with Crippen LogP contribution in [0.1, 0.15) is 30.9 Å². The summed E-state index contributed by atoms with van der Waals surface area (Å²) in [6.45, 7) is 3.26. The van der Waals surface area contributed by atoms with Crippen molar-refractivity contribution in [1.82, 2.24) is 10.6 Å². The molecule has 0 aromatic heterocycles. The normalized spacial score (nSPS) is 18.9. The van der Waals surface area contributed by atoms with Crippen molar-refractivity contribution in [3.05, 3.63) is 65.2 Å². The maximum atomic E-state index is 13.6. The zero-order valence-corrected chi connectivity index (χ0v) is 19.8. The van der Waals surface area contributed by atoms with Crippen molar-refractivity contribution < 1.29 is 23.4 Å². The molecular formula is C25H29F2N3O3S. The van der Waals surface area contributed by atoms with Crippen LogP contribution in [0.5, 0.6) is 0 Å². The van der Waals surface area contributed by atoms with Crippen LogP contribution in [-0.4, -0.2) is 54.5 Å². The third kappa shape index (κ3) is 5.78. The molecule has 1 aliphatic heterocycles. The van der Waals surface area contributed by atoms with E-state index >= 15 is 0 Å². The van der Waals surface area contributed by atoms with Crippen LogP contribution in [0, 0.1) is 11.6 Å². The fraction of sp³-hybridized carbons (Fsp3) is 0.440. The van der Waals surface area contributed by atoms with Crippen LogP contribution in [-0.2, 0) is 21.5 Å². The monoisotopic (exact) mass is 489 g/mol. The molecule has 3 N–H and O–H groups in total. The maximum Gasteiger partial charge on any atom is 0.217 e. The number of carbonyl (C=O) groups is 1. The van der Waals surface area contributed by atoms with E-state index < -0.39 is 23.8 Å². The van der Waals surface area contributed by atoms with Gasteiger partial charge in [0.05, 0.1) is 25.4 Å². The molecule has 1 amide bonds. The number of ether oxygens (including phenoxy) is 1. The number of thiocarbonyl (C=S) groups is 1. The Kier molecular flexibility index (Phi) is 7.57. The predicted molar refractivity (Wildman–Crippen MR) is 130 cm³/mol. The number of rotatable bonds is 9. The second-order valence-corrected chi connectivity index (χ2v) is 9.41. The van der Waals surface area contributed by atoms with Gasteiger partial charge in [-0.25, -0.2) is 8.78 Å². The number of hydrogen-bond donors (Lipinski definition) is 3. The Morgan fingerprint density at radius 1 is 1.24 bits per heavy atom. The number of anilines is 1. The zero-order chi connectivity index (χ0) is 24.3. The molecule has 1 heterocycles. The highest BCUT2D eigenvalue weighted by Gasteiger charge is 2.46. The van der Waals surface area contributed by atoms with Gasteiger partial charge >= 0.3 is 0 Å². The van der Waals surface area contributed by atoms with Crippen LogP contribution in [0.2, 0.25) is 0 Å². The van der Waals surface area contributed by atoms with Gasteiger partial charge in [0.1, 0.15) is 16.6 Å². The predicted octanol–water partition coefficient (Wildman–Crippen LogP) is 2.82. The minimum atomic E-state index is -0.968. The highest BCUT2D eigenvalue weighted by Crippen LogP contribution is 2.49. The highest BCUT2D eigenvalue weighted by molar-refractivity contribution is 7.80. The first-order valence-corrected chi connectivity index (χ1v) is 11.8. The van der Waals surface area contributed by atoms with Gasteiger partial charge in [-0.15, -0.1) is 0 Å². The Labute approximate surface area is 203 Å². The summed E-state index contributed by atoms with van der Waals surface area (Å²) < 4.78 is 32.7. The van der Waals surface area contributed by atoms with Gasteiger partial charge in [0.2, 0.25) is 5.91 Å². The van der Waals surface area contributed by atoms with Crippen LogP contribution in [0.3, 0.4) is 0 Å². The summed E-state index contributed by atoms with van der Waals surface area (Å²) >= 11 is 5.52. The fourth-order valence-corrected chi connectivity index (χ4v) is 4.79. The van der Waals surface area contributed by atoms with E-state index in [0.29, 0.717) is 25.3 Å². The lowest BCUT2D eigenvalue weighted by Crippen LogP contribution is -2.50. The molecule has 9 heteroatoms. The third-order valence-electron chi connectivity index (χ3n) is 6.33. The van der Waals surface area contributed by atoms with E-state index in [-0.39, 0.29) is 24.4 Å². The number of para-hydroxylation sites is 1. The molecule has 0 radical (unpaired) electrons. The fourth-order valence-electron chi connectivity index (χ4n) is 4.52. The summed E-state index contributed by atoms with van der Waals surface area (Å²) in [5.41, 5.74) is 2.19. The SMILES string of the molecule is CC(=O)NC(Cc1cc(F)cc(F)c1)C(O)CNC1(c2ccccc2N2CCOCC2=S)CC1. The molecule has 2 atom stereocenters. The molecule has 2 aliphatic rings. The molecule has 1 saturated heterocycles. The minimum absolute atomic E-state index is 0.0999. The number of benzene rings is 2. The second kappa shape index (κ2) is 10.4. The number of halogens is 2. The van der Waals surface area contributed by atoms with Gasteiger partial charge in [0.15, 0.2) is 0 Å². The Morgan fingerprint density at radius 3 is 2.59 bits per heavy atom. The molecule has 34 heavy (non-hydrogen) atoms. The summed E-state index contributed by atoms with van der Waals surface area (Å²) in [6.07, 6.45) is 0.925. The van der Waals surface area contributed by atoms with Gasteiger partial charge in [-0.1, -0.05) is 30.4 Å². The lowest BCUT2D eigenvalue weighted by Gasteiger charge is -2.34. The average Bonchev–Trinajstić information content (AvgIpc) is 3.57. The van der Waals surface area contributed by atoms with Crippen LogP contribution in [0.15, 0.2) is 42.5 Å². The molecule has 0 bridgehead atoms. The van der Waals surface area contributed by atoms with E-state index in [1.165, 1.54) is 19.1 Å². The molecule has 6 nitrogen and oxygen atoms in total. The molecule has 0 spiro atoms. The van der Waals surface area contributed by atoms with Crippen molar-refractivity contribution in [3.8, 4) is 0 Å². The molecule has 2 aromatic carbocycles. The van der Waals surface area contributed by atoms with Crippen molar-refractivity contribution in [2.75, 3.05) is 31.2 Å². The van der Waals surface area contributed by atoms with Gasteiger partial charge in [-0.2, -0.15) is 0 Å². The van der Waals surface area contributed by atoms with Crippen LogP contribution in [0.25, 0.3) is 0 Å². The summed E-state index contributed by atoms with van der Waals surface area (Å²) in [7, 11) is 0. The third-order valence-corrected chi connectivity index (χ3v) is 6.67. The lowest BCUT2D eigenvalue weighted by molar-refractivity contribution is -0.120. The van der Waals surface area contributed by atoms with Crippen molar-refractivity contribution in [3.63, 3.8) is 0 Å². The first kappa shape index (κ1) is 24.7. The van der Waals surface area contributed by atoms with E-state index in [0.717, 1.165) is 35.1 Å². The number of aliphatic hydroxyl groups excluding tert-OH is 1. The highest BCUT2D eigenvalue weighted by atomic mass is 32.1. The van der Waals surface area contributed by atoms with Crippen molar-refractivity contribution in [2.24, 2.45) is 0 Å². The summed E-state index contributed by atoms with van der Waals surface area (Å²) in [6, 6.07) is 10.6. The zero-order valence-electron chi connectivity index (χ0n) is 19.0. The number of carbonyl (C=O) groups excluding carboxylic acids is 1. The number of nitrogens with one attached hydrogen (secondary N) is 2. The van der Waals surface area contributed by atoms with Gasteiger partial charge in [0.25, 0.3) is 0 Å². The standard InChI is InChI=1S/C25H29F2N3O3S/c1-16(31)29-21(12-17-10-18(26)13-19(27)11-17)23(32)14-28-25(6-7-25)20-4-2-3-5-22(20)30-8-9-33-15-24(30)34/h2-5,10-11,13,21,23,28,32H,6-9,12,14-15H2,1H3,(H,29,31). The van der Waals surface area contributed by atoms with Gasteiger partial charge in [-0.3, -0.25) is 4.79 Å². The van der Waals surface area contributed by atoms with Gasteiger partial charge in [-0.05, 0) is 48.6 Å². The summed E-state index contributed by atoms with van der Waals surface area (Å²) in [4.78, 5) is 14.6. The first-order valence-electron chi connectivity index (χ1n) is 11.4. The quantitative estimate of drug-likeness (QED) is 0.471. The molecule has 182 valence electrons. The van der Waals surface area contributed by atoms with Crippen LogP contribution in [0.4, 0.5) is 14.5 Å². The Balaban J connectivity index is 1.48. The Hall–Kier alpha value is -2.46. The van der Waals surface area contributed by atoms with E-state index in [1.54, 1.807) is 0 Å². The van der Waals surface area contributed by atoms with Crippen molar-refractivity contribution in [2.45, 2.75) is 43.9 Å². The van der Waals surface area contributed by atoms with Gasteiger partial charge < -0.3 is 25.4 Å². The Bertz CT molecular complexity index is 1040. The van der Waals surface area contributed by atoms with Gasteiger partial charge in [0, 0.05) is 37.3 Å². The van der Waals surface area contributed by atoms with Crippen LogP contribution >= 0.6 is 12.2 Å². The summed E-state index contributed by atoms with van der Waals surface area (Å²) in [5.74, 6) is -1.72. The molecule has 2 unspecified atom stereocenters. The Morgan fingerprint density at radius 2 is 1.94 bits per heavy atom. The van der Waals surface area contributed by atoms with Crippen molar-refractivity contribution >= 4 is 28.8 Å². The van der Waals surface area contributed by atoms with E-state index in [9.17, 15) is 18.7 Å². The lowest BCUT2D eigenvalue weighted by atomic mass is 9.98. The number of nitrogens with zero attached hydrogens (tertiary/aromatic N) is 1. The maximum absolute atomic E-state index is 13.6. The summed E-state index contributed by atoms with van der Waals surface area (Å²) in [5, 5.41) is 17.2. The first-order chi connectivity index (χ1) is 16.3. The molecule has 1 aliphatic carbocycles. The van der Waals surface area contributed by atoms with E-state index in [2.05, 4.69) is 21.6 Å². The van der Waals surface area contributed by atoms with Crippen LogP contribution < -0.4 is 15.5 Å². The number of amides is 1. The molecule has 4 rings (SSSR count). The molecular weight excluding hydrogens is 460 g/mol. The number of morpholine rings is 1. The topological polar surface area (TPSA) is 73.8 Å². The van der Waals surface area contributed by atoms with E-state index in [1.807, 2.05) is 18.2 Å². The molecule has 2 aromatic rings.